The number of guanidine groups is 1. The van der Waals surface area contributed by atoms with E-state index < -0.39 is 0 Å². The number of nitrogens with one attached hydrogen (secondary N) is 1. The van der Waals surface area contributed by atoms with Gasteiger partial charge in [0.05, 0.1) is 12.6 Å². The van der Waals surface area contributed by atoms with Gasteiger partial charge in [-0.3, -0.25) is 4.99 Å². The summed E-state index contributed by atoms with van der Waals surface area (Å²) in [6.45, 7) is 1.28. The molecule has 0 amide bonds. The third kappa shape index (κ3) is 4.25. The normalized spacial score (nSPS) is 17.0. The van der Waals surface area contributed by atoms with Gasteiger partial charge in [0.1, 0.15) is 11.6 Å². The van der Waals surface area contributed by atoms with E-state index in [1.165, 1.54) is 6.07 Å². The van der Waals surface area contributed by atoms with Crippen molar-refractivity contribution in [1.82, 2.24) is 5.32 Å². The molecule has 126 valence electrons. The van der Waals surface area contributed by atoms with Crippen LogP contribution in [0.1, 0.15) is 30.0 Å². The largest absolute Gasteiger partial charge is 0.493 e. The zero-order valence-electron chi connectivity index (χ0n) is 13.5. The molecule has 5 heteroatoms. The van der Waals surface area contributed by atoms with E-state index >= 15 is 0 Å². The lowest BCUT2D eigenvalue weighted by Crippen LogP contribution is -2.37. The maximum absolute atomic E-state index is 13.1. The van der Waals surface area contributed by atoms with Crippen molar-refractivity contribution in [3.8, 4) is 5.75 Å². The molecule has 1 heterocycles. The van der Waals surface area contributed by atoms with Gasteiger partial charge in [0.15, 0.2) is 5.96 Å². The molecule has 1 atom stereocenters. The fraction of sp³-hybridized carbons (Fsp3) is 0.316. The smallest absolute Gasteiger partial charge is 0.189 e. The Morgan fingerprint density at radius 3 is 3.00 bits per heavy atom. The topological polar surface area (TPSA) is 59.6 Å². The van der Waals surface area contributed by atoms with Gasteiger partial charge in [0.2, 0.25) is 0 Å². The first kappa shape index (κ1) is 16.3. The Morgan fingerprint density at radius 1 is 1.25 bits per heavy atom. The molecule has 3 rings (SSSR count). The molecule has 1 aliphatic heterocycles. The monoisotopic (exact) mass is 327 g/mol. The Morgan fingerprint density at radius 2 is 2.12 bits per heavy atom. The molecule has 1 unspecified atom stereocenters. The van der Waals surface area contributed by atoms with Crippen molar-refractivity contribution in [3.05, 3.63) is 65.5 Å². The van der Waals surface area contributed by atoms with Crippen LogP contribution in [0.3, 0.4) is 0 Å². The molecule has 2 aromatic rings. The van der Waals surface area contributed by atoms with E-state index in [0.717, 1.165) is 36.1 Å². The summed E-state index contributed by atoms with van der Waals surface area (Å²) >= 11 is 0. The predicted molar refractivity (Wildman–Crippen MR) is 93.6 cm³/mol. The summed E-state index contributed by atoms with van der Waals surface area (Å²) in [6.07, 6.45) is 2.47. The molecular weight excluding hydrogens is 305 g/mol. The van der Waals surface area contributed by atoms with Crippen molar-refractivity contribution in [2.45, 2.75) is 25.3 Å². The Balaban J connectivity index is 1.50. The van der Waals surface area contributed by atoms with Gasteiger partial charge in [-0.05, 0) is 36.6 Å². The quantitative estimate of drug-likeness (QED) is 0.504. The number of fused-ring (bicyclic) bond motifs is 1. The van der Waals surface area contributed by atoms with Gasteiger partial charge in [-0.1, -0.05) is 30.3 Å². The molecule has 2 aromatic carbocycles. The van der Waals surface area contributed by atoms with E-state index in [9.17, 15) is 4.39 Å². The van der Waals surface area contributed by atoms with Crippen molar-refractivity contribution in [1.29, 1.82) is 0 Å². The summed E-state index contributed by atoms with van der Waals surface area (Å²) in [5, 5.41) is 3.27. The van der Waals surface area contributed by atoms with Crippen LogP contribution in [0.2, 0.25) is 0 Å². The second kappa shape index (κ2) is 7.81. The number of hydrogen-bond acceptors (Lipinski definition) is 2. The minimum Gasteiger partial charge on any atom is -0.493 e. The standard InChI is InChI=1S/C19H22FN3O/c20-15-7-3-5-14(13-15)6-4-11-22-19(21)23-17-10-12-24-18-9-2-1-8-16(17)18/h1-3,5,7-9,13,17H,4,6,10-12H2,(H3,21,22,23). The van der Waals surface area contributed by atoms with Crippen LogP contribution in [0.25, 0.3) is 0 Å². The van der Waals surface area contributed by atoms with E-state index in [2.05, 4.69) is 10.3 Å². The number of nitrogens with two attached hydrogens (primary N) is 1. The van der Waals surface area contributed by atoms with E-state index in [4.69, 9.17) is 10.5 Å². The van der Waals surface area contributed by atoms with Crippen molar-refractivity contribution >= 4 is 5.96 Å². The zero-order chi connectivity index (χ0) is 16.8. The first-order valence-electron chi connectivity index (χ1n) is 8.25. The number of aryl methyl sites for hydroxylation is 1. The maximum atomic E-state index is 13.1. The number of ether oxygens (including phenoxy) is 1. The number of rotatable bonds is 5. The summed E-state index contributed by atoms with van der Waals surface area (Å²) in [7, 11) is 0. The molecule has 0 bridgehead atoms. The molecule has 0 spiro atoms. The number of nitrogens with zero attached hydrogens (tertiary/aromatic N) is 1. The van der Waals surface area contributed by atoms with Crippen LogP contribution in [0.4, 0.5) is 4.39 Å². The minimum absolute atomic E-state index is 0.127. The van der Waals surface area contributed by atoms with Crippen LogP contribution in [-0.4, -0.2) is 19.1 Å². The summed E-state index contributed by atoms with van der Waals surface area (Å²) in [4.78, 5) is 4.38. The molecular formula is C19H22FN3O. The SMILES string of the molecule is NC(=NCCCc1cccc(F)c1)NC1CCOc2ccccc21. The number of halogens is 1. The second-order valence-electron chi connectivity index (χ2n) is 5.87. The Bertz CT molecular complexity index is 717. The number of benzene rings is 2. The van der Waals surface area contributed by atoms with Crippen LogP contribution in [0.5, 0.6) is 5.75 Å². The lowest BCUT2D eigenvalue weighted by Gasteiger charge is -2.26. The Labute approximate surface area is 141 Å². The summed E-state index contributed by atoms with van der Waals surface area (Å²) < 4.78 is 18.8. The average Bonchev–Trinajstić information content (AvgIpc) is 2.59. The van der Waals surface area contributed by atoms with E-state index in [0.29, 0.717) is 19.1 Å². The highest BCUT2D eigenvalue weighted by Crippen LogP contribution is 2.31. The van der Waals surface area contributed by atoms with Crippen LogP contribution in [0, 0.1) is 5.82 Å². The van der Waals surface area contributed by atoms with Crippen molar-refractivity contribution in [2.75, 3.05) is 13.2 Å². The van der Waals surface area contributed by atoms with Crippen molar-refractivity contribution < 1.29 is 9.13 Å². The van der Waals surface area contributed by atoms with Gasteiger partial charge < -0.3 is 15.8 Å². The highest BCUT2D eigenvalue weighted by atomic mass is 19.1. The van der Waals surface area contributed by atoms with Crippen molar-refractivity contribution in [2.24, 2.45) is 10.7 Å². The summed E-state index contributed by atoms with van der Waals surface area (Å²) in [5.41, 5.74) is 8.10. The van der Waals surface area contributed by atoms with Gasteiger partial charge in [-0.2, -0.15) is 0 Å². The summed E-state index contributed by atoms with van der Waals surface area (Å²) in [5.74, 6) is 1.14. The Kier molecular flexibility index (Phi) is 5.31. The third-order valence-electron chi connectivity index (χ3n) is 4.08. The predicted octanol–water partition coefficient (Wildman–Crippen LogP) is 3.19. The molecule has 0 radical (unpaired) electrons. The highest BCUT2D eigenvalue weighted by molar-refractivity contribution is 5.78. The number of hydrogen-bond donors (Lipinski definition) is 2. The molecule has 24 heavy (non-hydrogen) atoms. The first-order chi connectivity index (χ1) is 11.7. The molecule has 0 aromatic heterocycles. The molecule has 0 saturated heterocycles. The van der Waals surface area contributed by atoms with Crippen LogP contribution < -0.4 is 15.8 Å². The van der Waals surface area contributed by atoms with Gasteiger partial charge in [-0.15, -0.1) is 0 Å². The van der Waals surface area contributed by atoms with Gasteiger partial charge >= 0.3 is 0 Å². The lowest BCUT2D eigenvalue weighted by atomic mass is 10.0. The van der Waals surface area contributed by atoms with Crippen LogP contribution in [0.15, 0.2) is 53.5 Å². The number of aliphatic imine (C=N–C) groups is 1. The molecule has 1 aliphatic rings. The number of para-hydroxylation sites is 1. The average molecular weight is 327 g/mol. The molecule has 4 nitrogen and oxygen atoms in total. The zero-order valence-corrected chi connectivity index (χ0v) is 13.5. The third-order valence-corrected chi connectivity index (χ3v) is 4.08. The fourth-order valence-corrected chi connectivity index (χ4v) is 2.89. The minimum atomic E-state index is -0.199. The molecule has 3 N–H and O–H groups in total. The van der Waals surface area contributed by atoms with Gasteiger partial charge in [0, 0.05) is 18.5 Å². The summed E-state index contributed by atoms with van der Waals surface area (Å²) in [6, 6.07) is 14.8. The van der Waals surface area contributed by atoms with E-state index in [1.54, 1.807) is 12.1 Å². The van der Waals surface area contributed by atoms with E-state index in [1.807, 2.05) is 30.3 Å². The lowest BCUT2D eigenvalue weighted by molar-refractivity contribution is 0.262. The molecule has 0 saturated carbocycles. The Hall–Kier alpha value is -2.56. The second-order valence-corrected chi connectivity index (χ2v) is 5.87. The van der Waals surface area contributed by atoms with E-state index in [-0.39, 0.29) is 11.9 Å². The molecule has 0 aliphatic carbocycles. The van der Waals surface area contributed by atoms with Crippen molar-refractivity contribution in [3.63, 3.8) is 0 Å². The van der Waals surface area contributed by atoms with Gasteiger partial charge in [-0.25, -0.2) is 4.39 Å². The molecule has 0 fully saturated rings. The first-order valence-corrected chi connectivity index (χ1v) is 8.25. The fourth-order valence-electron chi connectivity index (χ4n) is 2.89. The van der Waals surface area contributed by atoms with Crippen LogP contribution in [-0.2, 0) is 6.42 Å². The maximum Gasteiger partial charge on any atom is 0.189 e. The van der Waals surface area contributed by atoms with Gasteiger partial charge in [0.25, 0.3) is 0 Å². The highest BCUT2D eigenvalue weighted by Gasteiger charge is 2.21. The van der Waals surface area contributed by atoms with Crippen LogP contribution >= 0.6 is 0 Å².